The van der Waals surface area contributed by atoms with Crippen molar-refractivity contribution < 1.29 is 14.6 Å². The average Bonchev–Trinajstić information content (AvgIpc) is 2.30. The van der Waals surface area contributed by atoms with Crippen LogP contribution in [0.25, 0.3) is 0 Å². The lowest BCUT2D eigenvalue weighted by atomic mass is 10.3. The normalized spacial score (nSPS) is 21.3. The van der Waals surface area contributed by atoms with Gasteiger partial charge in [-0.2, -0.15) is 0 Å². The molecule has 1 aromatic heterocycles. The molecule has 0 amide bonds. The van der Waals surface area contributed by atoms with Crippen molar-refractivity contribution in [3.05, 3.63) is 18.5 Å². The van der Waals surface area contributed by atoms with Crippen molar-refractivity contribution in [2.45, 2.75) is 6.10 Å². The lowest BCUT2D eigenvalue weighted by Crippen LogP contribution is -2.46. The number of anilines is 1. The van der Waals surface area contributed by atoms with Crippen LogP contribution >= 0.6 is 0 Å². The second-order valence-electron chi connectivity index (χ2n) is 3.19. The quantitative estimate of drug-likeness (QED) is 0.724. The van der Waals surface area contributed by atoms with E-state index in [-0.39, 0.29) is 0 Å². The van der Waals surface area contributed by atoms with E-state index in [1.807, 2.05) is 4.90 Å². The van der Waals surface area contributed by atoms with Crippen molar-refractivity contribution in [3.63, 3.8) is 0 Å². The standard InChI is InChI=1S/C9H11N3O3/c13-8(14)7-6-12(4-5-15-7)9-10-2-1-3-11-9/h1-3,7H,4-6H2,(H,13,14)/t7-/m0/s1. The average molecular weight is 209 g/mol. The monoisotopic (exact) mass is 209 g/mol. The lowest BCUT2D eigenvalue weighted by molar-refractivity contribution is -0.150. The maximum atomic E-state index is 10.7. The molecule has 0 saturated carbocycles. The number of ether oxygens (including phenoxy) is 1. The molecule has 2 heterocycles. The largest absolute Gasteiger partial charge is 0.479 e. The number of carboxylic acids is 1. The van der Waals surface area contributed by atoms with Crippen LogP contribution in [0.3, 0.4) is 0 Å². The van der Waals surface area contributed by atoms with Crippen molar-refractivity contribution in [3.8, 4) is 0 Å². The summed E-state index contributed by atoms with van der Waals surface area (Å²) in [5.41, 5.74) is 0. The van der Waals surface area contributed by atoms with Gasteiger partial charge < -0.3 is 14.7 Å². The second-order valence-corrected chi connectivity index (χ2v) is 3.19. The van der Waals surface area contributed by atoms with Crippen LogP contribution in [0.1, 0.15) is 0 Å². The van der Waals surface area contributed by atoms with E-state index in [1.165, 1.54) is 0 Å². The molecule has 1 atom stereocenters. The number of nitrogens with zero attached hydrogens (tertiary/aromatic N) is 3. The first-order valence-electron chi connectivity index (χ1n) is 4.64. The molecule has 6 nitrogen and oxygen atoms in total. The molecular weight excluding hydrogens is 198 g/mol. The number of hydrogen-bond acceptors (Lipinski definition) is 5. The first-order chi connectivity index (χ1) is 7.27. The fraction of sp³-hybridized carbons (Fsp3) is 0.444. The van der Waals surface area contributed by atoms with Crippen LogP contribution in [0.5, 0.6) is 0 Å². The predicted molar refractivity (Wildman–Crippen MR) is 51.6 cm³/mol. The van der Waals surface area contributed by atoms with Gasteiger partial charge in [0.15, 0.2) is 6.10 Å². The first kappa shape index (κ1) is 9.85. The van der Waals surface area contributed by atoms with E-state index in [9.17, 15) is 4.79 Å². The Kier molecular flexibility index (Phi) is 2.77. The van der Waals surface area contributed by atoms with E-state index in [0.29, 0.717) is 25.6 Å². The minimum atomic E-state index is -0.948. The highest BCUT2D eigenvalue weighted by Gasteiger charge is 2.27. The van der Waals surface area contributed by atoms with Crippen LogP contribution in [0.2, 0.25) is 0 Å². The van der Waals surface area contributed by atoms with E-state index in [0.717, 1.165) is 0 Å². The zero-order chi connectivity index (χ0) is 10.7. The Labute approximate surface area is 86.5 Å². The van der Waals surface area contributed by atoms with E-state index in [1.54, 1.807) is 18.5 Å². The van der Waals surface area contributed by atoms with Crippen molar-refractivity contribution in [1.29, 1.82) is 0 Å². The van der Waals surface area contributed by atoms with E-state index in [2.05, 4.69) is 9.97 Å². The van der Waals surface area contributed by atoms with Gasteiger partial charge in [-0.25, -0.2) is 14.8 Å². The fourth-order valence-corrected chi connectivity index (χ4v) is 1.43. The summed E-state index contributed by atoms with van der Waals surface area (Å²) in [6.07, 6.45) is 2.48. The molecule has 1 aromatic rings. The Bertz CT molecular complexity index is 344. The maximum absolute atomic E-state index is 10.7. The minimum absolute atomic E-state index is 0.291. The third-order valence-corrected chi connectivity index (χ3v) is 2.18. The molecule has 0 bridgehead atoms. The van der Waals surface area contributed by atoms with Gasteiger partial charge in [-0.15, -0.1) is 0 Å². The summed E-state index contributed by atoms with van der Waals surface area (Å²) in [5.74, 6) is -0.400. The molecule has 6 heteroatoms. The number of carboxylic acid groups (broad SMARTS) is 1. The molecule has 1 aliphatic rings. The van der Waals surface area contributed by atoms with Crippen molar-refractivity contribution in [1.82, 2.24) is 9.97 Å². The molecule has 0 unspecified atom stereocenters. The van der Waals surface area contributed by atoms with Crippen molar-refractivity contribution in [2.75, 3.05) is 24.6 Å². The molecule has 0 spiro atoms. The number of aliphatic carboxylic acids is 1. The number of hydrogen-bond donors (Lipinski definition) is 1. The van der Waals surface area contributed by atoms with Crippen molar-refractivity contribution >= 4 is 11.9 Å². The molecule has 0 aromatic carbocycles. The molecule has 1 saturated heterocycles. The molecule has 1 aliphatic heterocycles. The third kappa shape index (κ3) is 2.21. The van der Waals surface area contributed by atoms with Crippen LogP contribution in [-0.2, 0) is 9.53 Å². The zero-order valence-corrected chi connectivity index (χ0v) is 8.04. The summed E-state index contributed by atoms with van der Waals surface area (Å²) in [6, 6.07) is 1.72. The van der Waals surface area contributed by atoms with Gasteiger partial charge >= 0.3 is 5.97 Å². The first-order valence-corrected chi connectivity index (χ1v) is 4.64. The Hall–Kier alpha value is -1.69. The second kappa shape index (κ2) is 4.22. The fourth-order valence-electron chi connectivity index (χ4n) is 1.43. The van der Waals surface area contributed by atoms with Gasteiger partial charge in [-0.1, -0.05) is 0 Å². The number of aromatic nitrogens is 2. The van der Waals surface area contributed by atoms with Crippen LogP contribution in [0.4, 0.5) is 5.95 Å². The van der Waals surface area contributed by atoms with Gasteiger partial charge in [0.25, 0.3) is 0 Å². The molecule has 2 rings (SSSR count). The molecule has 1 fully saturated rings. The summed E-state index contributed by atoms with van der Waals surface area (Å²) < 4.78 is 5.09. The SMILES string of the molecule is O=C(O)[C@@H]1CN(c2ncccn2)CCO1. The van der Waals surface area contributed by atoms with E-state index in [4.69, 9.17) is 9.84 Å². The molecular formula is C9H11N3O3. The predicted octanol–water partition coefficient (Wildman–Crippen LogP) is -0.234. The summed E-state index contributed by atoms with van der Waals surface area (Å²) in [5, 5.41) is 8.81. The Balaban J connectivity index is 2.08. The summed E-state index contributed by atoms with van der Waals surface area (Å²) in [7, 11) is 0. The van der Waals surface area contributed by atoms with Crippen LogP contribution < -0.4 is 4.90 Å². The molecule has 15 heavy (non-hydrogen) atoms. The highest BCUT2D eigenvalue weighted by molar-refractivity contribution is 5.73. The van der Waals surface area contributed by atoms with Gasteiger partial charge in [0.1, 0.15) is 0 Å². The summed E-state index contributed by atoms with van der Waals surface area (Å²) >= 11 is 0. The molecule has 1 N–H and O–H groups in total. The number of rotatable bonds is 2. The third-order valence-electron chi connectivity index (χ3n) is 2.18. The Morgan fingerprint density at radius 3 is 2.93 bits per heavy atom. The number of morpholine rings is 1. The van der Waals surface area contributed by atoms with Gasteiger partial charge in [0.2, 0.25) is 5.95 Å². The topological polar surface area (TPSA) is 75.5 Å². The Morgan fingerprint density at radius 1 is 1.53 bits per heavy atom. The van der Waals surface area contributed by atoms with E-state index < -0.39 is 12.1 Å². The van der Waals surface area contributed by atoms with E-state index >= 15 is 0 Å². The highest BCUT2D eigenvalue weighted by Crippen LogP contribution is 2.11. The highest BCUT2D eigenvalue weighted by atomic mass is 16.5. The van der Waals surface area contributed by atoms with Gasteiger partial charge in [0.05, 0.1) is 13.2 Å². The molecule has 80 valence electrons. The maximum Gasteiger partial charge on any atom is 0.334 e. The van der Waals surface area contributed by atoms with Crippen LogP contribution in [0, 0.1) is 0 Å². The van der Waals surface area contributed by atoms with Gasteiger partial charge in [-0.05, 0) is 6.07 Å². The summed E-state index contributed by atoms with van der Waals surface area (Å²) in [6.45, 7) is 1.29. The molecule has 0 aliphatic carbocycles. The van der Waals surface area contributed by atoms with Gasteiger partial charge in [0, 0.05) is 18.9 Å². The van der Waals surface area contributed by atoms with Crippen LogP contribution in [-0.4, -0.2) is 46.8 Å². The minimum Gasteiger partial charge on any atom is -0.479 e. The van der Waals surface area contributed by atoms with Gasteiger partial charge in [-0.3, -0.25) is 0 Å². The smallest absolute Gasteiger partial charge is 0.334 e. The van der Waals surface area contributed by atoms with Crippen molar-refractivity contribution in [2.24, 2.45) is 0 Å². The number of carbonyl (C=O) groups is 1. The molecule has 0 radical (unpaired) electrons. The Morgan fingerprint density at radius 2 is 2.27 bits per heavy atom. The zero-order valence-electron chi connectivity index (χ0n) is 8.04. The summed E-state index contributed by atoms with van der Waals surface area (Å²) in [4.78, 5) is 20.7. The van der Waals surface area contributed by atoms with Crippen LogP contribution in [0.15, 0.2) is 18.5 Å². The lowest BCUT2D eigenvalue weighted by Gasteiger charge is -2.30.